The average Bonchev–Trinajstić information content (AvgIpc) is 3.13. The molecule has 0 saturated carbocycles. The lowest BCUT2D eigenvalue weighted by Gasteiger charge is -2.16. The summed E-state index contributed by atoms with van der Waals surface area (Å²) in [6.07, 6.45) is -3.16. The number of carbonyl (C=O) groups excluding carboxylic acids is 1. The monoisotopic (exact) mass is 378 g/mol. The molecule has 0 radical (unpaired) electrons. The third kappa shape index (κ3) is 4.42. The number of thioether (sulfide) groups is 1. The molecule has 0 aliphatic heterocycles. The van der Waals surface area contributed by atoms with Crippen molar-refractivity contribution < 1.29 is 18.0 Å². The van der Waals surface area contributed by atoms with Crippen molar-refractivity contribution in [1.29, 1.82) is 0 Å². The normalized spacial score (nSPS) is 12.6. The number of anilines is 1. The summed E-state index contributed by atoms with van der Waals surface area (Å²) in [5, 5.41) is 8.66. The van der Waals surface area contributed by atoms with Gasteiger partial charge in [-0.3, -0.25) is 9.89 Å². The summed E-state index contributed by atoms with van der Waals surface area (Å²) < 4.78 is 38.5. The largest absolute Gasteiger partial charge is 0.416 e. The Bertz CT molecular complexity index is 869. The summed E-state index contributed by atoms with van der Waals surface area (Å²) in [7, 11) is 0. The minimum atomic E-state index is -4.48. The van der Waals surface area contributed by atoms with Crippen molar-refractivity contribution in [3.8, 4) is 0 Å². The molecule has 0 spiro atoms. The van der Waals surface area contributed by atoms with E-state index in [1.54, 1.807) is 24.3 Å². The van der Waals surface area contributed by atoms with Gasteiger partial charge in [0.2, 0.25) is 5.91 Å². The first kappa shape index (κ1) is 18.0. The molecule has 0 fully saturated rings. The van der Waals surface area contributed by atoms with Gasteiger partial charge in [0.1, 0.15) is 11.6 Å². The quantitative estimate of drug-likeness (QED) is 0.650. The van der Waals surface area contributed by atoms with Crippen molar-refractivity contribution >= 4 is 23.4 Å². The number of aromatic nitrogens is 3. The molecule has 5 nitrogen and oxygen atoms in total. The topological polar surface area (TPSA) is 70.7 Å². The Morgan fingerprint density at radius 3 is 2.54 bits per heavy atom. The van der Waals surface area contributed by atoms with Gasteiger partial charge in [-0.1, -0.05) is 48.2 Å². The zero-order valence-corrected chi connectivity index (χ0v) is 14.0. The summed E-state index contributed by atoms with van der Waals surface area (Å²) in [6.45, 7) is 0. The molecule has 3 aromatic rings. The Morgan fingerprint density at radius 1 is 1.12 bits per heavy atom. The molecule has 1 heterocycles. The fourth-order valence-electron chi connectivity index (χ4n) is 2.24. The van der Waals surface area contributed by atoms with Crippen molar-refractivity contribution in [2.24, 2.45) is 0 Å². The molecular weight excluding hydrogens is 365 g/mol. The van der Waals surface area contributed by atoms with Crippen molar-refractivity contribution in [2.75, 3.05) is 5.32 Å². The Kier molecular flexibility index (Phi) is 5.27. The molecule has 1 amide bonds. The fraction of sp³-hybridized carbons (Fsp3) is 0.118. The maximum Gasteiger partial charge on any atom is 0.416 e. The highest BCUT2D eigenvalue weighted by Crippen LogP contribution is 2.35. The summed E-state index contributed by atoms with van der Waals surface area (Å²) in [6, 6.07) is 13.4. The van der Waals surface area contributed by atoms with Crippen molar-refractivity contribution in [1.82, 2.24) is 15.2 Å². The lowest BCUT2D eigenvalue weighted by molar-refractivity contribution is -0.137. The number of halogens is 3. The van der Waals surface area contributed by atoms with Gasteiger partial charge in [-0.2, -0.15) is 18.3 Å². The van der Waals surface area contributed by atoms with Crippen molar-refractivity contribution in [3.63, 3.8) is 0 Å². The van der Waals surface area contributed by atoms with Crippen LogP contribution in [-0.4, -0.2) is 21.1 Å². The van der Waals surface area contributed by atoms with E-state index in [9.17, 15) is 18.0 Å². The van der Waals surface area contributed by atoms with E-state index in [1.165, 1.54) is 18.5 Å². The maximum atomic E-state index is 12.8. The molecule has 134 valence electrons. The SMILES string of the molecule is O=C(Nc1cccc(C(F)(F)F)c1)[C@H](Sc1ncn[nH]1)c1ccccc1. The van der Waals surface area contributed by atoms with Crippen LogP contribution in [-0.2, 0) is 11.0 Å². The Labute approximate surface area is 151 Å². The molecule has 1 aromatic heterocycles. The zero-order chi connectivity index (χ0) is 18.6. The number of hydrogen-bond donors (Lipinski definition) is 2. The standard InChI is InChI=1S/C17H13F3N4OS/c18-17(19,20)12-7-4-8-13(9-12)23-15(25)14(11-5-2-1-3-6-11)26-16-21-10-22-24-16/h1-10,14H,(H,23,25)(H,21,22,24)/t14-/m1/s1. The summed E-state index contributed by atoms with van der Waals surface area (Å²) >= 11 is 1.12. The molecule has 0 unspecified atom stereocenters. The second kappa shape index (κ2) is 7.61. The van der Waals surface area contributed by atoms with Gasteiger partial charge in [0, 0.05) is 5.69 Å². The third-order valence-corrected chi connectivity index (χ3v) is 4.56. The molecule has 3 rings (SSSR count). The Balaban J connectivity index is 1.84. The van der Waals surface area contributed by atoms with E-state index in [0.29, 0.717) is 10.7 Å². The number of carbonyl (C=O) groups is 1. The van der Waals surface area contributed by atoms with Crippen LogP contribution >= 0.6 is 11.8 Å². The number of rotatable bonds is 5. The van der Waals surface area contributed by atoms with Crippen molar-refractivity contribution in [3.05, 3.63) is 72.1 Å². The number of hydrogen-bond acceptors (Lipinski definition) is 4. The van der Waals surface area contributed by atoms with Crippen LogP contribution in [0.2, 0.25) is 0 Å². The van der Waals surface area contributed by atoms with Gasteiger partial charge in [-0.25, -0.2) is 4.98 Å². The smallest absolute Gasteiger partial charge is 0.325 e. The number of benzene rings is 2. The number of H-pyrrole nitrogens is 1. The first-order valence-corrected chi connectivity index (χ1v) is 8.36. The highest BCUT2D eigenvalue weighted by atomic mass is 32.2. The number of aromatic amines is 1. The van der Waals surface area contributed by atoms with Gasteiger partial charge in [-0.05, 0) is 23.8 Å². The van der Waals surface area contributed by atoms with Crippen LogP contribution in [0.4, 0.5) is 18.9 Å². The van der Waals surface area contributed by atoms with E-state index < -0.39 is 22.9 Å². The van der Waals surface area contributed by atoms with E-state index in [0.717, 1.165) is 23.9 Å². The Morgan fingerprint density at radius 2 is 1.88 bits per heavy atom. The second-order valence-electron chi connectivity index (χ2n) is 5.27. The lowest BCUT2D eigenvalue weighted by Crippen LogP contribution is -2.19. The molecule has 2 aromatic carbocycles. The van der Waals surface area contributed by atoms with E-state index in [1.807, 2.05) is 6.07 Å². The van der Waals surface area contributed by atoms with Gasteiger partial charge >= 0.3 is 6.18 Å². The minimum Gasteiger partial charge on any atom is -0.325 e. The van der Waals surface area contributed by atoms with E-state index in [4.69, 9.17) is 0 Å². The average molecular weight is 378 g/mol. The van der Waals surface area contributed by atoms with E-state index in [2.05, 4.69) is 20.5 Å². The van der Waals surface area contributed by atoms with Crippen LogP contribution in [0.5, 0.6) is 0 Å². The Hall–Kier alpha value is -2.81. The summed E-state index contributed by atoms with van der Waals surface area (Å²) in [5.74, 6) is -0.461. The van der Waals surface area contributed by atoms with Crippen LogP contribution < -0.4 is 5.32 Å². The van der Waals surface area contributed by atoms with Gasteiger partial charge < -0.3 is 5.32 Å². The molecule has 2 N–H and O–H groups in total. The van der Waals surface area contributed by atoms with Crippen LogP contribution in [0.1, 0.15) is 16.4 Å². The highest BCUT2D eigenvalue weighted by Gasteiger charge is 2.31. The molecule has 26 heavy (non-hydrogen) atoms. The van der Waals surface area contributed by atoms with E-state index >= 15 is 0 Å². The van der Waals surface area contributed by atoms with Crippen molar-refractivity contribution in [2.45, 2.75) is 16.6 Å². The zero-order valence-electron chi connectivity index (χ0n) is 13.2. The van der Waals surface area contributed by atoms with Gasteiger partial charge in [0.05, 0.1) is 5.56 Å². The first-order chi connectivity index (χ1) is 12.4. The molecule has 0 bridgehead atoms. The fourth-order valence-corrected chi connectivity index (χ4v) is 3.14. The predicted octanol–water partition coefficient (Wildman–Crippen LogP) is 4.30. The third-order valence-electron chi connectivity index (χ3n) is 3.42. The molecule has 1 atom stereocenters. The van der Waals surface area contributed by atoms with Gasteiger partial charge in [0.25, 0.3) is 0 Å². The van der Waals surface area contributed by atoms with E-state index in [-0.39, 0.29) is 5.69 Å². The number of nitrogens with one attached hydrogen (secondary N) is 2. The molecular formula is C17H13F3N4OS. The summed E-state index contributed by atoms with van der Waals surface area (Å²) in [5.41, 5.74) is -0.0586. The molecule has 0 saturated heterocycles. The number of nitrogens with zero attached hydrogens (tertiary/aromatic N) is 2. The first-order valence-electron chi connectivity index (χ1n) is 7.48. The van der Waals surface area contributed by atoms with Gasteiger partial charge in [0.15, 0.2) is 5.16 Å². The van der Waals surface area contributed by atoms with Gasteiger partial charge in [-0.15, -0.1) is 0 Å². The van der Waals surface area contributed by atoms with Crippen LogP contribution in [0.25, 0.3) is 0 Å². The maximum absolute atomic E-state index is 12.8. The minimum absolute atomic E-state index is 0.0731. The van der Waals surface area contributed by atoms with Crippen LogP contribution in [0.15, 0.2) is 66.1 Å². The highest BCUT2D eigenvalue weighted by molar-refractivity contribution is 8.00. The number of amides is 1. The number of alkyl halides is 3. The predicted molar refractivity (Wildman–Crippen MR) is 91.5 cm³/mol. The second-order valence-corrected chi connectivity index (χ2v) is 6.36. The van der Waals surface area contributed by atoms with Crippen LogP contribution in [0, 0.1) is 0 Å². The lowest BCUT2D eigenvalue weighted by atomic mass is 10.1. The molecule has 9 heteroatoms. The van der Waals surface area contributed by atoms with Crippen LogP contribution in [0.3, 0.4) is 0 Å². The molecule has 0 aliphatic rings. The summed E-state index contributed by atoms with van der Waals surface area (Å²) in [4.78, 5) is 16.7. The molecule has 0 aliphatic carbocycles.